The van der Waals surface area contributed by atoms with E-state index < -0.39 is 27.7 Å². The maximum absolute atomic E-state index is 6.20. The largest absolute Gasteiger partial charge is 0.519 e. The molecular weight excluding hydrogens is 789 g/mol. The number of benzene rings is 2. The molecule has 0 fully saturated rings. The van der Waals surface area contributed by atoms with Crippen molar-refractivity contribution in [1.82, 2.24) is 9.97 Å². The third-order valence-corrected chi connectivity index (χ3v) is 27.7. The Labute approximate surface area is 316 Å². The Morgan fingerprint density at radius 2 is 0.939 bits per heavy atom. The number of hydrogen-bond donors (Lipinski definition) is 0. The quantitative estimate of drug-likeness (QED) is 0.0613. The van der Waals surface area contributed by atoms with Gasteiger partial charge in [0, 0.05) is 42.7 Å². The molecule has 2 aromatic carbocycles. The summed E-state index contributed by atoms with van der Waals surface area (Å²) >= 11 is 3.32. The molecule has 0 N–H and O–H groups in total. The molecule has 0 bridgehead atoms. The van der Waals surface area contributed by atoms with E-state index in [1.54, 1.807) is 116 Å². The van der Waals surface area contributed by atoms with Crippen LogP contribution in [0.15, 0.2) is 97.1 Å². The van der Waals surface area contributed by atoms with E-state index in [0.717, 1.165) is 30.4 Å². The minimum Gasteiger partial charge on any atom is -0.376 e. The molecule has 8 nitrogen and oxygen atoms in total. The van der Waals surface area contributed by atoms with Crippen LogP contribution >= 0.6 is 73.7 Å². The van der Waals surface area contributed by atoms with Crippen molar-refractivity contribution in [2.45, 2.75) is 20.6 Å². The van der Waals surface area contributed by atoms with Gasteiger partial charge in [0.1, 0.15) is 20.1 Å². The second kappa shape index (κ2) is 16.4. The SMILES string of the molecule is CO[Si](OC)(OC)C1(c2nc3ccccc3s2)C=CC=CC1SSSSSC1C=CC=CC1(c1nc2ccccc2s1)[Si](OC)(OC)OC. The third-order valence-electron chi connectivity index (χ3n) is 8.67. The Balaban J connectivity index is 1.25. The summed E-state index contributed by atoms with van der Waals surface area (Å²) in [6.45, 7) is 0. The molecule has 2 aromatic heterocycles. The Kier molecular flexibility index (Phi) is 12.7. The van der Waals surface area contributed by atoms with Gasteiger partial charge in [0.15, 0.2) is 0 Å². The van der Waals surface area contributed by atoms with E-state index in [1.165, 1.54) is 0 Å². The lowest BCUT2D eigenvalue weighted by atomic mass is 9.99. The number of para-hydroxylation sites is 2. The summed E-state index contributed by atoms with van der Waals surface area (Å²) in [5.41, 5.74) is 1.89. The fraction of sp³-hybridized carbons (Fsp3) is 0.312. The second-order valence-corrected chi connectivity index (χ2v) is 27.0. The van der Waals surface area contributed by atoms with Crippen LogP contribution in [-0.2, 0) is 36.6 Å². The van der Waals surface area contributed by atoms with Crippen molar-refractivity contribution in [3.8, 4) is 0 Å². The first-order valence-corrected chi connectivity index (χ1v) is 26.4. The molecule has 0 saturated carbocycles. The molecule has 6 rings (SSSR count). The van der Waals surface area contributed by atoms with Crippen molar-refractivity contribution in [3.05, 3.63) is 107 Å². The normalized spacial score (nSPS) is 24.0. The molecule has 2 aliphatic carbocycles. The van der Waals surface area contributed by atoms with Gasteiger partial charge >= 0.3 is 17.6 Å². The van der Waals surface area contributed by atoms with Crippen LogP contribution in [-0.4, -0.2) is 80.7 Å². The molecule has 4 atom stereocenters. The number of rotatable bonds is 16. The first-order valence-electron chi connectivity index (χ1n) is 15.0. The van der Waals surface area contributed by atoms with Crippen LogP contribution in [0.25, 0.3) is 20.4 Å². The van der Waals surface area contributed by atoms with Crippen molar-refractivity contribution in [2.24, 2.45) is 0 Å². The van der Waals surface area contributed by atoms with Crippen LogP contribution in [0.1, 0.15) is 10.0 Å². The van der Waals surface area contributed by atoms with Crippen LogP contribution in [0, 0.1) is 0 Å². The van der Waals surface area contributed by atoms with Gasteiger partial charge in [-0.25, -0.2) is 9.97 Å². The van der Waals surface area contributed by atoms with E-state index in [4.69, 9.17) is 36.5 Å². The van der Waals surface area contributed by atoms with E-state index in [2.05, 4.69) is 48.6 Å². The molecule has 2 heterocycles. The molecule has 0 saturated heterocycles. The molecule has 0 amide bonds. The molecule has 0 spiro atoms. The Morgan fingerprint density at radius 3 is 1.31 bits per heavy atom. The summed E-state index contributed by atoms with van der Waals surface area (Å²) in [4.78, 5) is 10.2. The number of allylic oxidation sites excluding steroid dienone is 6. The lowest BCUT2D eigenvalue weighted by molar-refractivity contribution is 0.0998. The Hall–Kier alpha value is -0.876. The predicted octanol–water partition coefficient (Wildman–Crippen LogP) is 9.23. The average Bonchev–Trinajstić information content (AvgIpc) is 3.80. The van der Waals surface area contributed by atoms with Gasteiger partial charge in [-0.05, 0) is 53.7 Å². The van der Waals surface area contributed by atoms with Gasteiger partial charge in [-0.1, -0.05) is 94.5 Å². The molecule has 0 aliphatic heterocycles. The number of fused-ring (bicyclic) bond motifs is 2. The van der Waals surface area contributed by atoms with Crippen LogP contribution in [0.3, 0.4) is 0 Å². The maximum Gasteiger partial charge on any atom is 0.519 e. The Bertz CT molecular complexity index is 1650. The van der Waals surface area contributed by atoms with Crippen molar-refractivity contribution >= 4 is 112 Å². The topological polar surface area (TPSA) is 81.2 Å². The molecule has 0 radical (unpaired) electrons. The van der Waals surface area contributed by atoms with Crippen molar-refractivity contribution < 1.29 is 26.6 Å². The summed E-state index contributed by atoms with van der Waals surface area (Å²) in [6, 6.07) is 16.4. The highest BCUT2D eigenvalue weighted by Gasteiger charge is 2.66. The fourth-order valence-corrected chi connectivity index (χ4v) is 26.4. The van der Waals surface area contributed by atoms with Gasteiger partial charge in [0.2, 0.25) is 0 Å². The van der Waals surface area contributed by atoms with Gasteiger partial charge < -0.3 is 26.6 Å². The number of aromatic nitrogens is 2. The van der Waals surface area contributed by atoms with E-state index in [0.29, 0.717) is 0 Å². The fourth-order valence-electron chi connectivity index (χ4n) is 6.39. The maximum atomic E-state index is 6.20. The van der Waals surface area contributed by atoms with Crippen LogP contribution in [0.4, 0.5) is 0 Å². The van der Waals surface area contributed by atoms with Crippen LogP contribution in [0.5, 0.6) is 0 Å². The summed E-state index contributed by atoms with van der Waals surface area (Å²) in [7, 11) is 12.0. The van der Waals surface area contributed by atoms with Gasteiger partial charge in [-0.3, -0.25) is 0 Å². The molecular formula is C32H36N2O6S7Si2. The van der Waals surface area contributed by atoms with E-state index in [1.807, 2.05) is 48.6 Å². The average molecular weight is 825 g/mol. The smallest absolute Gasteiger partial charge is 0.376 e. The van der Waals surface area contributed by atoms with Crippen LogP contribution in [0.2, 0.25) is 0 Å². The van der Waals surface area contributed by atoms with Gasteiger partial charge in [0.25, 0.3) is 0 Å². The van der Waals surface area contributed by atoms with Gasteiger partial charge in [-0.2, -0.15) is 0 Å². The number of thiazole rings is 2. The molecule has 17 heteroatoms. The molecule has 260 valence electrons. The third kappa shape index (κ3) is 6.54. The summed E-state index contributed by atoms with van der Waals surface area (Å²) in [6.07, 6.45) is 17.0. The van der Waals surface area contributed by atoms with E-state index in [-0.39, 0.29) is 10.5 Å². The minimum atomic E-state index is -3.34. The Morgan fingerprint density at radius 1 is 0.551 bits per heavy atom. The van der Waals surface area contributed by atoms with E-state index >= 15 is 0 Å². The minimum absolute atomic E-state index is 0.0810. The van der Waals surface area contributed by atoms with Crippen LogP contribution < -0.4 is 0 Å². The molecule has 4 aromatic rings. The van der Waals surface area contributed by atoms with Crippen molar-refractivity contribution in [2.75, 3.05) is 42.7 Å². The van der Waals surface area contributed by atoms with Gasteiger partial charge in [-0.15, -0.1) is 22.7 Å². The summed E-state index contributed by atoms with van der Waals surface area (Å²) in [5.74, 6) is 0. The zero-order valence-corrected chi connectivity index (χ0v) is 35.3. The van der Waals surface area contributed by atoms with Crippen molar-refractivity contribution in [1.29, 1.82) is 0 Å². The van der Waals surface area contributed by atoms with E-state index in [9.17, 15) is 0 Å². The number of hydrogen-bond acceptors (Lipinski definition) is 15. The highest BCUT2D eigenvalue weighted by Crippen LogP contribution is 2.60. The first-order chi connectivity index (χ1) is 23.9. The summed E-state index contributed by atoms with van der Waals surface area (Å²) in [5, 5.41) is 0.191. The molecule has 49 heavy (non-hydrogen) atoms. The highest BCUT2D eigenvalue weighted by atomic mass is 33.8. The summed E-state index contributed by atoms with van der Waals surface area (Å²) < 4.78 is 39.4. The van der Waals surface area contributed by atoms with Gasteiger partial charge in [0.05, 0.1) is 30.9 Å². The lowest BCUT2D eigenvalue weighted by Gasteiger charge is -2.45. The predicted molar refractivity (Wildman–Crippen MR) is 218 cm³/mol. The molecule has 2 aliphatic rings. The highest BCUT2D eigenvalue weighted by molar-refractivity contribution is 9.35. The lowest BCUT2D eigenvalue weighted by Crippen LogP contribution is -2.65. The number of nitrogens with zero attached hydrogens (tertiary/aromatic N) is 2. The first kappa shape index (κ1) is 37.9. The second-order valence-electron chi connectivity index (χ2n) is 10.8. The zero-order valence-electron chi connectivity index (χ0n) is 27.6. The molecule has 4 unspecified atom stereocenters. The standard InChI is InChI=1S/C32H36N2O6S7Si2/c1-35-48(36-2,37-3)31(29-33-23-15-7-9-17-25(23)41-29)21-13-11-19-27(31)43-45-47-46-44-28-20-12-14-22-32(28,49(38-4,39-5)40-6)30-34-24-16-8-10-18-26(24)42-30/h7-22,27-28H,1-6H3. The van der Waals surface area contributed by atoms with Crippen molar-refractivity contribution in [3.63, 3.8) is 0 Å². The monoisotopic (exact) mass is 824 g/mol. The zero-order chi connectivity index (χ0) is 34.5.